The molecule has 2 rings (SSSR count). The molecule has 2 atom stereocenters. The molecule has 1 aromatic carbocycles. The van der Waals surface area contributed by atoms with Crippen LogP contribution in [0, 0.1) is 5.92 Å². The maximum Gasteiger partial charge on any atom is 0.323 e. The molecule has 1 fully saturated rings. The summed E-state index contributed by atoms with van der Waals surface area (Å²) in [6.45, 7) is 7.85. The second-order valence-electron chi connectivity index (χ2n) is 6.31. The third-order valence-electron chi connectivity index (χ3n) is 3.01. The number of thiol groups is 1. The number of hydrogen-bond donors (Lipinski definition) is 2. The van der Waals surface area contributed by atoms with E-state index in [2.05, 4.69) is 33.6 Å². The molecule has 0 aliphatic carbocycles. The van der Waals surface area contributed by atoms with E-state index in [0.717, 1.165) is 18.9 Å². The first-order valence-electron chi connectivity index (χ1n) is 7.82. The first-order valence-corrected chi connectivity index (χ1v) is 8.22. The van der Waals surface area contributed by atoms with Gasteiger partial charge in [-0.3, -0.25) is 4.79 Å². The van der Waals surface area contributed by atoms with Crippen LogP contribution in [0.1, 0.15) is 39.2 Å². The molecule has 2 N–H and O–H groups in total. The first-order chi connectivity index (χ1) is 10.4. The Labute approximate surface area is 139 Å². The van der Waals surface area contributed by atoms with Crippen molar-refractivity contribution in [3.63, 3.8) is 0 Å². The molecule has 1 heterocycles. The molecule has 2 unspecified atom stereocenters. The van der Waals surface area contributed by atoms with Gasteiger partial charge in [0.05, 0.1) is 0 Å². The van der Waals surface area contributed by atoms with Gasteiger partial charge in [0.25, 0.3) is 0 Å². The number of esters is 1. The van der Waals surface area contributed by atoms with Crippen LogP contribution in [-0.2, 0) is 16.1 Å². The molecule has 1 saturated heterocycles. The van der Waals surface area contributed by atoms with Crippen molar-refractivity contribution in [2.75, 3.05) is 6.54 Å². The molecule has 0 bridgehead atoms. The standard InChI is InChI=1S/C13H18N2O2S.C4H10/c14-12-7-6-11(17-13(12)16)9-15(18)8-10-4-2-1-3-5-10;1-4(2)3/h1-5,11-12,18H,6-9,14H2;4H,1-3H3. The van der Waals surface area contributed by atoms with Crippen LogP contribution in [-0.4, -0.2) is 29.0 Å². The van der Waals surface area contributed by atoms with Crippen LogP contribution < -0.4 is 5.73 Å². The Balaban J connectivity index is 0.000000541. The maximum absolute atomic E-state index is 11.4. The average molecular weight is 324 g/mol. The van der Waals surface area contributed by atoms with Crippen LogP contribution in [0.2, 0.25) is 0 Å². The van der Waals surface area contributed by atoms with Crippen LogP contribution in [0.15, 0.2) is 30.3 Å². The minimum absolute atomic E-state index is 0.0986. The highest BCUT2D eigenvalue weighted by molar-refractivity contribution is 7.77. The van der Waals surface area contributed by atoms with E-state index < -0.39 is 6.04 Å². The van der Waals surface area contributed by atoms with Crippen molar-refractivity contribution < 1.29 is 9.53 Å². The molecule has 0 spiro atoms. The molecule has 124 valence electrons. The van der Waals surface area contributed by atoms with Crippen molar-refractivity contribution in [1.82, 2.24) is 4.31 Å². The quantitative estimate of drug-likeness (QED) is 0.660. The Morgan fingerprint density at radius 1 is 1.27 bits per heavy atom. The molecule has 0 aromatic heterocycles. The number of carbonyl (C=O) groups excluding carboxylic acids is 1. The summed E-state index contributed by atoms with van der Waals surface area (Å²) in [6, 6.07) is 9.62. The number of cyclic esters (lactones) is 1. The van der Waals surface area contributed by atoms with E-state index in [1.54, 1.807) is 0 Å². The van der Waals surface area contributed by atoms with Crippen molar-refractivity contribution in [3.05, 3.63) is 35.9 Å². The van der Waals surface area contributed by atoms with Gasteiger partial charge in [-0.05, 0) is 24.3 Å². The lowest BCUT2D eigenvalue weighted by Crippen LogP contribution is -2.43. The Hall–Kier alpha value is -1.04. The van der Waals surface area contributed by atoms with Crippen LogP contribution >= 0.6 is 12.8 Å². The summed E-state index contributed by atoms with van der Waals surface area (Å²) in [5.41, 5.74) is 6.77. The number of ether oxygens (including phenoxy) is 1. The molecular weight excluding hydrogens is 296 g/mol. The summed E-state index contributed by atoms with van der Waals surface area (Å²) in [5, 5.41) is 0. The zero-order valence-corrected chi connectivity index (χ0v) is 14.6. The van der Waals surface area contributed by atoms with Gasteiger partial charge >= 0.3 is 5.97 Å². The molecule has 0 radical (unpaired) electrons. The molecule has 1 aromatic rings. The summed E-state index contributed by atoms with van der Waals surface area (Å²) < 4.78 is 7.12. The van der Waals surface area contributed by atoms with E-state index in [0.29, 0.717) is 13.0 Å². The normalized spacial score (nSPS) is 21.3. The summed E-state index contributed by atoms with van der Waals surface area (Å²) in [5.74, 6) is 0.535. The van der Waals surface area contributed by atoms with Gasteiger partial charge in [0.1, 0.15) is 12.1 Å². The fourth-order valence-electron chi connectivity index (χ4n) is 2.02. The van der Waals surface area contributed by atoms with Crippen molar-refractivity contribution in [2.45, 2.75) is 52.3 Å². The van der Waals surface area contributed by atoms with E-state index in [-0.39, 0.29) is 12.1 Å². The van der Waals surface area contributed by atoms with Gasteiger partial charge in [-0.15, -0.1) is 0 Å². The SMILES string of the molecule is CC(C)C.NC1CCC(CN(S)Cc2ccccc2)OC1=O. The Morgan fingerprint density at radius 3 is 2.41 bits per heavy atom. The summed E-state index contributed by atoms with van der Waals surface area (Å²) in [7, 11) is 0. The number of hydrogen-bond acceptors (Lipinski definition) is 5. The van der Waals surface area contributed by atoms with Crippen LogP contribution in [0.4, 0.5) is 0 Å². The lowest BCUT2D eigenvalue weighted by molar-refractivity contribution is -0.156. The summed E-state index contributed by atoms with van der Waals surface area (Å²) in [4.78, 5) is 11.4. The topological polar surface area (TPSA) is 55.6 Å². The van der Waals surface area contributed by atoms with Gasteiger partial charge in [0, 0.05) is 13.1 Å². The van der Waals surface area contributed by atoms with Crippen molar-refractivity contribution in [3.8, 4) is 0 Å². The number of rotatable bonds is 4. The molecule has 1 aliphatic rings. The van der Waals surface area contributed by atoms with E-state index in [1.165, 1.54) is 5.56 Å². The number of benzene rings is 1. The molecule has 22 heavy (non-hydrogen) atoms. The van der Waals surface area contributed by atoms with Gasteiger partial charge in [-0.1, -0.05) is 63.9 Å². The fraction of sp³-hybridized carbons (Fsp3) is 0.588. The number of carbonyl (C=O) groups is 1. The highest BCUT2D eigenvalue weighted by Gasteiger charge is 2.27. The average Bonchev–Trinajstić information content (AvgIpc) is 2.43. The second-order valence-corrected chi connectivity index (χ2v) is 6.87. The van der Waals surface area contributed by atoms with Crippen molar-refractivity contribution in [1.29, 1.82) is 0 Å². The molecule has 0 saturated carbocycles. The third-order valence-corrected chi connectivity index (χ3v) is 3.31. The lowest BCUT2D eigenvalue weighted by atomic mass is 10.1. The highest BCUT2D eigenvalue weighted by atomic mass is 32.1. The Morgan fingerprint density at radius 2 is 1.86 bits per heavy atom. The van der Waals surface area contributed by atoms with Crippen LogP contribution in [0.5, 0.6) is 0 Å². The largest absolute Gasteiger partial charge is 0.460 e. The van der Waals surface area contributed by atoms with E-state index in [1.807, 2.05) is 34.6 Å². The molecule has 0 amide bonds. The number of nitrogens with two attached hydrogens (primary N) is 1. The van der Waals surface area contributed by atoms with Gasteiger partial charge < -0.3 is 10.5 Å². The predicted octanol–water partition coefficient (Wildman–Crippen LogP) is 3.03. The van der Waals surface area contributed by atoms with Gasteiger partial charge in [0.2, 0.25) is 0 Å². The monoisotopic (exact) mass is 324 g/mol. The summed E-state index contributed by atoms with van der Waals surface area (Å²) in [6.07, 6.45) is 1.40. The number of nitrogens with zero attached hydrogens (tertiary/aromatic N) is 1. The van der Waals surface area contributed by atoms with Gasteiger partial charge in [0.15, 0.2) is 0 Å². The first kappa shape index (κ1) is 19.0. The van der Waals surface area contributed by atoms with Gasteiger partial charge in [-0.2, -0.15) is 0 Å². The zero-order valence-electron chi connectivity index (χ0n) is 13.7. The fourth-order valence-corrected chi connectivity index (χ4v) is 2.36. The lowest BCUT2D eigenvalue weighted by Gasteiger charge is -2.28. The van der Waals surface area contributed by atoms with E-state index in [9.17, 15) is 4.79 Å². The molecule has 5 heteroatoms. The van der Waals surface area contributed by atoms with Crippen LogP contribution in [0.3, 0.4) is 0 Å². The Bertz CT molecular complexity index is 437. The minimum Gasteiger partial charge on any atom is -0.460 e. The van der Waals surface area contributed by atoms with Crippen LogP contribution in [0.25, 0.3) is 0 Å². The third kappa shape index (κ3) is 7.82. The maximum atomic E-state index is 11.4. The van der Waals surface area contributed by atoms with Gasteiger partial charge in [-0.25, -0.2) is 4.31 Å². The second kappa shape index (κ2) is 9.87. The summed E-state index contributed by atoms with van der Waals surface area (Å²) >= 11 is 4.41. The van der Waals surface area contributed by atoms with Crippen molar-refractivity contribution >= 4 is 18.8 Å². The zero-order chi connectivity index (χ0) is 16.5. The molecule has 4 nitrogen and oxygen atoms in total. The van der Waals surface area contributed by atoms with E-state index in [4.69, 9.17) is 10.5 Å². The predicted molar refractivity (Wildman–Crippen MR) is 93.4 cm³/mol. The molecule has 1 aliphatic heterocycles. The molecular formula is C17H28N2O2S. The highest BCUT2D eigenvalue weighted by Crippen LogP contribution is 2.16. The van der Waals surface area contributed by atoms with Crippen molar-refractivity contribution in [2.24, 2.45) is 11.7 Å². The minimum atomic E-state index is -0.455. The Kier molecular flexibility index (Phi) is 8.53. The smallest absolute Gasteiger partial charge is 0.323 e. The van der Waals surface area contributed by atoms with E-state index >= 15 is 0 Å².